The van der Waals surface area contributed by atoms with Gasteiger partial charge in [-0.1, -0.05) is 20.8 Å². The van der Waals surface area contributed by atoms with E-state index in [4.69, 9.17) is 0 Å². The lowest BCUT2D eigenvalue weighted by Gasteiger charge is -2.35. The molecule has 1 atom stereocenters. The van der Waals surface area contributed by atoms with E-state index in [1.54, 1.807) is 0 Å². The van der Waals surface area contributed by atoms with Crippen molar-refractivity contribution in [1.82, 2.24) is 10.2 Å². The van der Waals surface area contributed by atoms with Gasteiger partial charge in [-0.25, -0.2) is 0 Å². The van der Waals surface area contributed by atoms with Crippen molar-refractivity contribution in [2.24, 2.45) is 5.92 Å². The molecule has 1 unspecified atom stereocenters. The minimum absolute atomic E-state index is 0.00593. The van der Waals surface area contributed by atoms with Gasteiger partial charge in [0, 0.05) is 19.1 Å². The van der Waals surface area contributed by atoms with Crippen LogP contribution < -0.4 is 5.32 Å². The van der Waals surface area contributed by atoms with Crippen LogP contribution in [0.4, 0.5) is 0 Å². The maximum atomic E-state index is 12.1. The van der Waals surface area contributed by atoms with Crippen LogP contribution >= 0.6 is 0 Å². The standard InChI is InChI=1S/C15H28N2O2/c1-4-13-7-5-6-10-17(13)15(19)11-14(18)16-9-8-12(2)3/h12-13H,4-11H2,1-3H3,(H,16,18). The molecule has 0 aliphatic carbocycles. The fourth-order valence-electron chi connectivity index (χ4n) is 2.56. The number of hydrogen-bond acceptors (Lipinski definition) is 2. The first-order chi connectivity index (χ1) is 9.04. The van der Waals surface area contributed by atoms with Crippen LogP contribution in [0.5, 0.6) is 0 Å². The number of likely N-dealkylation sites (tertiary alicyclic amines) is 1. The summed E-state index contributed by atoms with van der Waals surface area (Å²) in [6.45, 7) is 7.84. The SMILES string of the molecule is CCC1CCCCN1C(=O)CC(=O)NCCC(C)C. The van der Waals surface area contributed by atoms with Gasteiger partial charge in [0.1, 0.15) is 6.42 Å². The van der Waals surface area contributed by atoms with Crippen molar-refractivity contribution in [1.29, 1.82) is 0 Å². The number of amides is 2. The van der Waals surface area contributed by atoms with E-state index in [2.05, 4.69) is 26.1 Å². The van der Waals surface area contributed by atoms with Crippen LogP contribution in [0.3, 0.4) is 0 Å². The molecule has 1 aliphatic rings. The van der Waals surface area contributed by atoms with E-state index in [9.17, 15) is 9.59 Å². The average molecular weight is 268 g/mol. The molecule has 0 aromatic heterocycles. The number of nitrogens with one attached hydrogen (secondary N) is 1. The lowest BCUT2D eigenvalue weighted by molar-refractivity contribution is -0.139. The normalized spacial score (nSPS) is 19.6. The zero-order valence-electron chi connectivity index (χ0n) is 12.6. The van der Waals surface area contributed by atoms with E-state index in [1.807, 2.05) is 4.90 Å². The molecule has 2 amide bonds. The molecule has 0 aromatic rings. The molecule has 1 aliphatic heterocycles. The Morgan fingerprint density at radius 1 is 1.32 bits per heavy atom. The van der Waals surface area contributed by atoms with Crippen molar-refractivity contribution in [3.8, 4) is 0 Å². The molecular formula is C15H28N2O2. The number of hydrogen-bond donors (Lipinski definition) is 1. The third-order valence-electron chi connectivity index (χ3n) is 3.77. The monoisotopic (exact) mass is 268 g/mol. The Morgan fingerprint density at radius 2 is 2.05 bits per heavy atom. The van der Waals surface area contributed by atoms with Crippen molar-refractivity contribution >= 4 is 11.8 Å². The fraction of sp³-hybridized carbons (Fsp3) is 0.867. The van der Waals surface area contributed by atoms with Gasteiger partial charge in [-0.2, -0.15) is 0 Å². The van der Waals surface area contributed by atoms with Gasteiger partial charge in [0.25, 0.3) is 0 Å². The van der Waals surface area contributed by atoms with Crippen LogP contribution in [0, 0.1) is 5.92 Å². The number of carbonyl (C=O) groups excluding carboxylic acids is 2. The molecule has 1 saturated heterocycles. The van der Waals surface area contributed by atoms with Crippen molar-refractivity contribution in [3.05, 3.63) is 0 Å². The third kappa shape index (κ3) is 5.62. The van der Waals surface area contributed by atoms with Gasteiger partial charge in [-0.05, 0) is 38.0 Å². The number of piperidine rings is 1. The summed E-state index contributed by atoms with van der Waals surface area (Å²) in [4.78, 5) is 25.8. The molecule has 4 nitrogen and oxygen atoms in total. The van der Waals surface area contributed by atoms with Gasteiger partial charge >= 0.3 is 0 Å². The summed E-state index contributed by atoms with van der Waals surface area (Å²) < 4.78 is 0. The summed E-state index contributed by atoms with van der Waals surface area (Å²) in [5.41, 5.74) is 0. The van der Waals surface area contributed by atoms with E-state index >= 15 is 0 Å². The van der Waals surface area contributed by atoms with E-state index in [0.29, 0.717) is 18.5 Å². The van der Waals surface area contributed by atoms with Gasteiger partial charge in [0.2, 0.25) is 11.8 Å². The number of rotatable bonds is 6. The number of carbonyl (C=O) groups is 2. The second kappa shape index (κ2) is 8.18. The molecule has 1 N–H and O–H groups in total. The third-order valence-corrected chi connectivity index (χ3v) is 3.77. The average Bonchev–Trinajstić information content (AvgIpc) is 2.38. The van der Waals surface area contributed by atoms with Crippen LogP contribution in [-0.2, 0) is 9.59 Å². The summed E-state index contributed by atoms with van der Waals surface area (Å²) >= 11 is 0. The van der Waals surface area contributed by atoms with E-state index in [0.717, 1.165) is 32.2 Å². The summed E-state index contributed by atoms with van der Waals surface area (Å²) in [6.07, 6.45) is 5.30. The molecule has 0 saturated carbocycles. The molecule has 0 radical (unpaired) electrons. The van der Waals surface area contributed by atoms with Crippen molar-refractivity contribution in [2.45, 2.75) is 65.3 Å². The first-order valence-electron chi connectivity index (χ1n) is 7.60. The predicted molar refractivity (Wildman–Crippen MR) is 76.7 cm³/mol. The highest BCUT2D eigenvalue weighted by Crippen LogP contribution is 2.20. The minimum atomic E-state index is -0.133. The largest absolute Gasteiger partial charge is 0.356 e. The summed E-state index contributed by atoms with van der Waals surface area (Å²) in [6, 6.07) is 0.338. The van der Waals surface area contributed by atoms with Crippen LogP contribution in [0.15, 0.2) is 0 Å². The van der Waals surface area contributed by atoms with Gasteiger partial charge in [-0.15, -0.1) is 0 Å². The predicted octanol–water partition coefficient (Wildman–Crippen LogP) is 2.33. The zero-order chi connectivity index (χ0) is 14.3. The first-order valence-corrected chi connectivity index (χ1v) is 7.60. The Balaban J connectivity index is 2.34. The molecule has 19 heavy (non-hydrogen) atoms. The van der Waals surface area contributed by atoms with E-state index in [1.165, 1.54) is 6.42 Å². The van der Waals surface area contributed by atoms with Gasteiger partial charge in [-0.3, -0.25) is 9.59 Å². The summed E-state index contributed by atoms with van der Waals surface area (Å²) in [5.74, 6) is 0.433. The quantitative estimate of drug-likeness (QED) is 0.752. The Hall–Kier alpha value is -1.06. The lowest BCUT2D eigenvalue weighted by atomic mass is 9.99. The van der Waals surface area contributed by atoms with Gasteiger partial charge in [0.15, 0.2) is 0 Å². The number of nitrogens with zero attached hydrogens (tertiary/aromatic N) is 1. The van der Waals surface area contributed by atoms with E-state index < -0.39 is 0 Å². The topological polar surface area (TPSA) is 49.4 Å². The molecule has 0 bridgehead atoms. The van der Waals surface area contributed by atoms with Crippen LogP contribution in [0.1, 0.15) is 59.3 Å². The summed E-state index contributed by atoms with van der Waals surface area (Å²) in [5, 5.41) is 2.83. The molecule has 0 aromatic carbocycles. The van der Waals surface area contributed by atoms with Gasteiger partial charge < -0.3 is 10.2 Å². The highest BCUT2D eigenvalue weighted by molar-refractivity contribution is 5.97. The molecular weight excluding hydrogens is 240 g/mol. The van der Waals surface area contributed by atoms with Crippen LogP contribution in [0.25, 0.3) is 0 Å². The van der Waals surface area contributed by atoms with Crippen molar-refractivity contribution in [2.75, 3.05) is 13.1 Å². The molecule has 4 heteroatoms. The molecule has 110 valence electrons. The smallest absolute Gasteiger partial charge is 0.232 e. The summed E-state index contributed by atoms with van der Waals surface area (Å²) in [7, 11) is 0. The van der Waals surface area contributed by atoms with Crippen molar-refractivity contribution in [3.63, 3.8) is 0 Å². The Kier molecular flexibility index (Phi) is 6.89. The highest BCUT2D eigenvalue weighted by Gasteiger charge is 2.26. The first kappa shape index (κ1) is 16.0. The molecule has 1 heterocycles. The van der Waals surface area contributed by atoms with Crippen molar-refractivity contribution < 1.29 is 9.59 Å². The minimum Gasteiger partial charge on any atom is -0.356 e. The maximum Gasteiger partial charge on any atom is 0.232 e. The van der Waals surface area contributed by atoms with Crippen LogP contribution in [-0.4, -0.2) is 35.8 Å². The molecule has 1 fully saturated rings. The Labute approximate surface area is 116 Å². The second-order valence-electron chi connectivity index (χ2n) is 5.85. The molecule has 0 spiro atoms. The highest BCUT2D eigenvalue weighted by atomic mass is 16.2. The second-order valence-corrected chi connectivity index (χ2v) is 5.85. The van der Waals surface area contributed by atoms with E-state index in [-0.39, 0.29) is 18.2 Å². The van der Waals surface area contributed by atoms with Crippen LogP contribution in [0.2, 0.25) is 0 Å². The molecule has 1 rings (SSSR count). The Bertz CT molecular complexity index is 303. The zero-order valence-corrected chi connectivity index (χ0v) is 12.6. The maximum absolute atomic E-state index is 12.1. The fourth-order valence-corrected chi connectivity index (χ4v) is 2.56. The lowest BCUT2D eigenvalue weighted by Crippen LogP contribution is -2.45. The Morgan fingerprint density at radius 3 is 2.68 bits per heavy atom. The van der Waals surface area contributed by atoms with Gasteiger partial charge in [0.05, 0.1) is 0 Å².